The average molecular weight is 2040 g/mol. The third-order valence-corrected chi connectivity index (χ3v) is 38.1. The van der Waals surface area contributed by atoms with Crippen molar-refractivity contribution in [2.45, 2.75) is 68.6 Å². The van der Waals surface area contributed by atoms with Gasteiger partial charge in [0.25, 0.3) is 0 Å². The number of nitrogens with one attached hydrogen (secondary N) is 4. The number of alkyl halides is 1. The van der Waals surface area contributed by atoms with E-state index in [0.29, 0.717) is 76.2 Å². The van der Waals surface area contributed by atoms with E-state index in [2.05, 4.69) is 177 Å². The molecule has 10 radical (unpaired) electrons. The van der Waals surface area contributed by atoms with Crippen LogP contribution in [0.15, 0.2) is 121 Å². The maximum atomic E-state index is 12.7. The molecule has 124 heavy (non-hydrogen) atoms. The summed E-state index contributed by atoms with van der Waals surface area (Å²) in [6, 6.07) is 40.4. The van der Waals surface area contributed by atoms with Crippen molar-refractivity contribution in [2.24, 2.45) is 29.6 Å². The Morgan fingerprint density at radius 2 is 0.742 bits per heavy atom. The van der Waals surface area contributed by atoms with E-state index in [0.717, 1.165) is 182 Å². The summed E-state index contributed by atoms with van der Waals surface area (Å²) in [5.41, 5.74) is 6.47. The first-order chi connectivity index (χ1) is 57.4. The van der Waals surface area contributed by atoms with Gasteiger partial charge in [-0.2, -0.15) is 50.4 Å². The minimum Gasteiger partial charge on any atom is -0.870 e. The third kappa shape index (κ3) is 48.2. The summed E-state index contributed by atoms with van der Waals surface area (Å²) >= 11 is 32.9. The molecular formula is C84H129B5BrCl5FLi2N10O6P5S5. The van der Waals surface area contributed by atoms with Gasteiger partial charge in [0.15, 0.2) is 37.8 Å². The standard InChI is InChI=1S/C21H34B2ClN3OP2S2.C16H23BClN2OPS.C16H25BClN2PS.C13H16ClNO2.C13H18ClN.C5H10BBrNOPS.FH.2Li.H2O.H2/c1-26-10-8-20(17-4-6-19(24)7-5-17)18(14-26)15-27(11-13-32(3)30-23)16-21(28)25-9-12-31(2)29-22;1-20-9-7-14(12-3-5-13(18)6-4-12)15(11-20)16(21)19-8-10-23(2)22-17;1-20-9-7-16(13-3-5-15(18)6-4-13)14(12-20)11-19-8-10-22(2)21-17;1-15-7-6-11(12(8-15)13(16)17)9-2-4-10(14)5-3-9;1-10-9-15(2)8-7-13(10)11-3-5-12(14)6-4-11;1-11(10-6)3-2-8-5(9)4-7;;;;;/h4-7,18,20H,8-16H2,1-3H3,(H,25,28);3-6,14-15H,7-11H2,1-2H3,(H,19,21);3-6,14,16,19H,7-12H2,1-2H3;2-5,11-12H,6-8H2,1H3,(H,16,17);3-6,10,13H,7-9H2,1-2H3;2-4H2,1H3,(H,8,9);1H;;;1H2;1H/q;;;;;;;2*+1;;/p-2/t18-,20?,31?,32?;14?,15-,23?;14-,16?,22?;11?,12-;10-,13?;;;;;;/m01111....../s1/i;;;;;;;;;;1+2. The molecule has 5 aromatic carbocycles. The Labute approximate surface area is 828 Å². The van der Waals surface area contributed by atoms with E-state index in [1.807, 2.05) is 84.7 Å². The largest absolute Gasteiger partial charge is 1.00 e. The monoisotopic (exact) mass is 2030 g/mol. The Bertz CT molecular complexity index is 4080. The van der Waals surface area contributed by atoms with Crippen LogP contribution in [-0.4, -0.2) is 315 Å². The number of piperidine rings is 5. The van der Waals surface area contributed by atoms with Gasteiger partial charge < -0.3 is 61.1 Å². The van der Waals surface area contributed by atoms with Crippen LogP contribution < -0.4 is 64.1 Å². The third-order valence-electron chi connectivity index (χ3n) is 22.4. The van der Waals surface area contributed by atoms with E-state index in [1.54, 1.807) is 0 Å². The molecule has 0 spiro atoms. The molecule has 0 bridgehead atoms. The normalized spacial score (nSPS) is 22.4. The van der Waals surface area contributed by atoms with Crippen LogP contribution >= 0.6 is 110 Å². The van der Waals surface area contributed by atoms with Crippen LogP contribution in [0, 0.1) is 29.6 Å². The van der Waals surface area contributed by atoms with Crippen molar-refractivity contribution < 1.29 is 73.6 Å². The van der Waals surface area contributed by atoms with Gasteiger partial charge >= 0.3 is 37.7 Å². The van der Waals surface area contributed by atoms with E-state index >= 15 is 0 Å². The Morgan fingerprint density at radius 1 is 0.444 bits per heavy atom. The summed E-state index contributed by atoms with van der Waals surface area (Å²) in [4.78, 5) is 61.1. The van der Waals surface area contributed by atoms with Crippen LogP contribution in [0.2, 0.25) is 25.1 Å². The molecule has 5 fully saturated rings. The van der Waals surface area contributed by atoms with Crippen LogP contribution in [0.1, 0.15) is 97.9 Å². The zero-order chi connectivity index (χ0) is 88.2. The van der Waals surface area contributed by atoms with E-state index < -0.39 is 11.9 Å². The number of carboxylic acids is 1. The van der Waals surface area contributed by atoms with Crippen molar-refractivity contribution >= 4 is 222 Å². The van der Waals surface area contributed by atoms with Gasteiger partial charge in [-0.15, -0.1) is 36.2 Å². The van der Waals surface area contributed by atoms with E-state index in [-0.39, 0.29) is 125 Å². The van der Waals surface area contributed by atoms with Gasteiger partial charge in [-0.05, 0) is 274 Å². The van der Waals surface area contributed by atoms with Crippen molar-refractivity contribution in [2.75, 3.05) is 218 Å². The summed E-state index contributed by atoms with van der Waals surface area (Å²) in [5, 5.41) is 28.0. The number of carbonyl (C=O) groups is 4. The number of rotatable bonds is 29. The molecule has 10 unspecified atom stereocenters. The summed E-state index contributed by atoms with van der Waals surface area (Å²) in [6.07, 6.45) is 16.2. The van der Waals surface area contributed by atoms with Crippen LogP contribution in [0.4, 0.5) is 4.70 Å². The quantitative estimate of drug-likeness (QED) is 0.0155. The number of halogens is 7. The molecule has 672 valence electrons. The van der Waals surface area contributed by atoms with Gasteiger partial charge in [-0.3, -0.25) is 24.0 Å². The van der Waals surface area contributed by atoms with Crippen LogP contribution in [0.25, 0.3) is 0 Å². The predicted molar refractivity (Wildman–Crippen MR) is 553 cm³/mol. The minimum absolute atomic E-state index is 0. The molecule has 3 amide bonds. The zero-order valence-corrected chi connectivity index (χ0v) is 88.8. The molecule has 0 saturated carbocycles. The molecule has 5 aliphatic rings. The van der Waals surface area contributed by atoms with E-state index in [4.69, 9.17) is 95.8 Å². The Balaban J connectivity index is 0.00000150. The van der Waals surface area contributed by atoms with Crippen molar-refractivity contribution in [1.29, 1.82) is 0 Å². The number of nitrogens with zero attached hydrogens (tertiary/aromatic N) is 6. The first-order valence-electron chi connectivity index (χ1n) is 40.8. The second-order valence-corrected chi connectivity index (χ2v) is 56.0. The van der Waals surface area contributed by atoms with Gasteiger partial charge in [-0.1, -0.05) is 142 Å². The molecule has 16 nitrogen and oxygen atoms in total. The summed E-state index contributed by atoms with van der Waals surface area (Å²) in [5.74, 6) is 7.90. The fourth-order valence-corrected chi connectivity index (χ4v) is 22.1. The summed E-state index contributed by atoms with van der Waals surface area (Å²) in [7, 11) is 44.5. The van der Waals surface area contributed by atoms with Gasteiger partial charge in [-0.25, -0.2) is 0 Å². The molecule has 0 aliphatic carbocycles. The second-order valence-electron chi connectivity index (χ2n) is 31.7. The zero-order valence-electron chi connectivity index (χ0n) is 74.8. The first-order valence-corrected chi connectivity index (χ1v) is 60.6. The predicted octanol–water partition coefficient (Wildman–Crippen LogP) is 8.46. The molecule has 5 heterocycles. The van der Waals surface area contributed by atoms with Crippen LogP contribution in [-0.2, 0) is 69.5 Å². The van der Waals surface area contributed by atoms with Crippen molar-refractivity contribution in [1.82, 2.24) is 50.7 Å². The number of benzene rings is 5. The maximum absolute atomic E-state index is 12.7. The molecular weight excluding hydrogens is 1900 g/mol. The number of carboxylic acid groups (broad SMARTS) is 1. The van der Waals surface area contributed by atoms with Gasteiger partial charge in [0, 0.05) is 139 Å². The van der Waals surface area contributed by atoms with E-state index in [1.165, 1.54) is 60.5 Å². The molecule has 5 N–H and O–H groups in total. The SMILES string of the molecule is CN1CCC(c2ccc(Cl)cc2)[C@H](C(=O)[O-])C1.C[C@@H]1CN(C)CCC1c1ccc(Cl)cc1.F.[3HH].[B]P=S(C)CCNC(=O)CBr.[B]P=S(C)CCNC(=O)CN(CCS(C)=P[B])C[C@@H]1CN(C)CCC1c1ccc(Cl)cc1.[B]P=S(C)CCNC(=O)[C@@H]1CN(C)CCC1c1ccc(Cl)cc1.[B]P=S(C)CCNC[C@@H]1CN(C)CCC1c1ccc(Cl)cc1.[Li+].[Li+].[OH-]. The first kappa shape index (κ1) is 122. The topological polar surface area (TPSA) is 189 Å². The molecule has 5 aliphatic heterocycles. The second kappa shape index (κ2) is 69.1. The molecule has 40 heteroatoms. The minimum atomic E-state index is -0.962. The fraction of sp³-hybridized carbons (Fsp3) is 0.595. The summed E-state index contributed by atoms with van der Waals surface area (Å²) in [6.45, 7) is 19.0. The van der Waals surface area contributed by atoms with Gasteiger partial charge in [0.05, 0.1) is 17.8 Å². The van der Waals surface area contributed by atoms with Crippen LogP contribution in [0.3, 0.4) is 0 Å². The molecule has 5 saturated heterocycles. The fourth-order valence-electron chi connectivity index (χ4n) is 15.7. The Kier molecular flexibility index (Phi) is 68.2. The smallest absolute Gasteiger partial charge is 0.870 e. The van der Waals surface area contributed by atoms with Crippen molar-refractivity contribution in [3.05, 3.63) is 174 Å². The number of likely N-dealkylation sites (tertiary alicyclic amines) is 5. The summed E-state index contributed by atoms with van der Waals surface area (Å²) < 4.78 is 0. The molecule has 15 atom stereocenters. The Morgan fingerprint density at radius 3 is 1.12 bits per heavy atom. The number of carbonyl (C=O) groups excluding carboxylic acids is 4. The number of hydrogen-bond acceptors (Lipinski definition) is 13. The molecule has 5 aromatic rings. The van der Waals surface area contributed by atoms with Crippen LogP contribution in [0.5, 0.6) is 0 Å². The number of hydrogen-bond donors (Lipinski definition) is 4. The number of amides is 3. The van der Waals surface area contributed by atoms with Gasteiger partial charge in [0.1, 0.15) is 0 Å². The van der Waals surface area contributed by atoms with Crippen molar-refractivity contribution in [3.63, 3.8) is 0 Å². The Hall–Kier alpha value is 0.289. The maximum Gasteiger partial charge on any atom is 1.00 e. The molecule has 0 aromatic heterocycles. The van der Waals surface area contributed by atoms with Gasteiger partial charge in [0.2, 0.25) is 17.7 Å². The number of aliphatic carboxylic acids is 1. The molecule has 10 rings (SSSR count). The van der Waals surface area contributed by atoms with Crippen molar-refractivity contribution in [3.8, 4) is 0 Å². The average Bonchev–Trinajstić information content (AvgIpc) is 0.832. The van der Waals surface area contributed by atoms with E-state index in [9.17, 15) is 24.3 Å².